The van der Waals surface area contributed by atoms with Crippen molar-refractivity contribution < 1.29 is 9.47 Å². The van der Waals surface area contributed by atoms with E-state index in [1.54, 1.807) is 6.33 Å². The lowest BCUT2D eigenvalue weighted by molar-refractivity contribution is 0.113. The second-order valence-electron chi connectivity index (χ2n) is 9.58. The van der Waals surface area contributed by atoms with E-state index >= 15 is 0 Å². The summed E-state index contributed by atoms with van der Waals surface area (Å²) in [7, 11) is 0. The van der Waals surface area contributed by atoms with Crippen LogP contribution in [0.15, 0.2) is 24.5 Å². The Morgan fingerprint density at radius 3 is 2.61 bits per heavy atom. The minimum absolute atomic E-state index is 0.0852. The molecule has 3 fully saturated rings. The number of hydrogen-bond donors (Lipinski definition) is 2. The van der Waals surface area contributed by atoms with E-state index in [2.05, 4.69) is 55.5 Å². The summed E-state index contributed by atoms with van der Waals surface area (Å²) in [6.45, 7) is 9.97. The number of benzene rings is 1. The number of rotatable bonds is 4. The van der Waals surface area contributed by atoms with Crippen LogP contribution in [0.5, 0.6) is 5.75 Å². The van der Waals surface area contributed by atoms with Gasteiger partial charge >= 0.3 is 0 Å². The number of likely N-dealkylation sites (tertiary alicyclic amines) is 1. The van der Waals surface area contributed by atoms with Crippen LogP contribution in [-0.4, -0.2) is 73.4 Å². The zero-order valence-electron chi connectivity index (χ0n) is 19.4. The Labute approximate surface area is 195 Å². The van der Waals surface area contributed by atoms with Gasteiger partial charge in [-0.05, 0) is 56.0 Å². The highest BCUT2D eigenvalue weighted by atomic mass is 16.5. The second-order valence-corrected chi connectivity index (χ2v) is 9.58. The van der Waals surface area contributed by atoms with Crippen molar-refractivity contribution in [2.75, 3.05) is 62.7 Å². The number of nitrogens with zero attached hydrogens (tertiary/aromatic N) is 4. The molecule has 1 atom stereocenters. The molecular weight excluding hydrogens is 416 g/mol. The third kappa shape index (κ3) is 4.05. The summed E-state index contributed by atoms with van der Waals surface area (Å²) in [6, 6.07) is 7.45. The first-order valence-corrected chi connectivity index (χ1v) is 12.5. The maximum absolute atomic E-state index is 6.56. The molecule has 0 aliphatic carbocycles. The first-order chi connectivity index (χ1) is 16.3. The van der Waals surface area contributed by atoms with Crippen LogP contribution in [0.1, 0.15) is 49.3 Å². The number of hydrogen-bond acceptors (Lipinski definition) is 8. The van der Waals surface area contributed by atoms with E-state index in [1.165, 1.54) is 31.5 Å². The summed E-state index contributed by atoms with van der Waals surface area (Å²) in [6.07, 6.45) is 4.87. The van der Waals surface area contributed by atoms with Gasteiger partial charge in [0.05, 0.1) is 24.5 Å². The molecule has 1 aromatic heterocycles. The molecule has 2 N–H and O–H groups in total. The Balaban J connectivity index is 1.26. The Bertz CT molecular complexity index is 983. The number of aromatic nitrogens is 2. The van der Waals surface area contributed by atoms with Crippen molar-refractivity contribution in [3.8, 4) is 5.75 Å². The predicted molar refractivity (Wildman–Crippen MR) is 129 cm³/mol. The van der Waals surface area contributed by atoms with Gasteiger partial charge in [-0.1, -0.05) is 13.0 Å². The maximum atomic E-state index is 6.56. The number of nitrogens with one attached hydrogen (secondary N) is 2. The summed E-state index contributed by atoms with van der Waals surface area (Å²) in [5.74, 6) is 3.32. The predicted octanol–water partition coefficient (Wildman–Crippen LogP) is 3.05. The number of anilines is 3. The zero-order valence-corrected chi connectivity index (χ0v) is 19.4. The van der Waals surface area contributed by atoms with Gasteiger partial charge in [0.15, 0.2) is 0 Å². The molecule has 0 unspecified atom stereocenters. The molecule has 0 amide bonds. The summed E-state index contributed by atoms with van der Waals surface area (Å²) in [5, 5.41) is 7.02. The number of ether oxygens (including phenoxy) is 2. The SMILES string of the molecule is CC[C@@H]1Oc2ccc(C3CCN(C4CNC4)CC3)cc2Nc2ncnc(N3CCOCC3)c21. The molecule has 0 saturated carbocycles. The van der Waals surface area contributed by atoms with Gasteiger partial charge in [0.1, 0.15) is 29.8 Å². The van der Waals surface area contributed by atoms with E-state index in [9.17, 15) is 0 Å². The van der Waals surface area contributed by atoms with Gasteiger partial charge in [-0.3, -0.25) is 4.90 Å². The molecule has 176 valence electrons. The zero-order chi connectivity index (χ0) is 22.2. The molecular formula is C25H34N6O2. The quantitative estimate of drug-likeness (QED) is 0.736. The van der Waals surface area contributed by atoms with Crippen LogP contribution in [0.25, 0.3) is 0 Å². The lowest BCUT2D eigenvalue weighted by atomic mass is 9.88. The smallest absolute Gasteiger partial charge is 0.143 e. The lowest BCUT2D eigenvalue weighted by Gasteiger charge is -2.42. The van der Waals surface area contributed by atoms with E-state index in [0.717, 1.165) is 80.5 Å². The van der Waals surface area contributed by atoms with E-state index in [0.29, 0.717) is 5.92 Å². The largest absolute Gasteiger partial charge is 0.483 e. The topological polar surface area (TPSA) is 74.8 Å². The third-order valence-corrected chi connectivity index (χ3v) is 7.67. The average Bonchev–Trinajstić information content (AvgIpc) is 2.99. The van der Waals surface area contributed by atoms with Gasteiger partial charge in [0.25, 0.3) is 0 Å². The molecule has 33 heavy (non-hydrogen) atoms. The normalized spacial score (nSPS) is 24.2. The van der Waals surface area contributed by atoms with Crippen molar-refractivity contribution in [3.05, 3.63) is 35.7 Å². The minimum Gasteiger partial charge on any atom is -0.483 e. The standard InChI is InChI=1S/C25H34N6O2/c1-2-21-23-24(27-16-28-25(23)31-9-11-32-12-10-31)29-20-13-18(3-4-22(20)33-21)17-5-7-30(8-6-17)19-14-26-15-19/h3-4,13,16-17,19,21,26H,2,5-12,14-15H2,1H3,(H,27,28,29)/t21-/m0/s1. The van der Waals surface area contributed by atoms with Crippen molar-refractivity contribution in [2.45, 2.75) is 44.2 Å². The van der Waals surface area contributed by atoms with Crippen LogP contribution < -0.4 is 20.3 Å². The van der Waals surface area contributed by atoms with Gasteiger partial charge in [-0.2, -0.15) is 0 Å². The van der Waals surface area contributed by atoms with Crippen LogP contribution in [0.2, 0.25) is 0 Å². The van der Waals surface area contributed by atoms with E-state index in [4.69, 9.17) is 9.47 Å². The van der Waals surface area contributed by atoms with Crippen molar-refractivity contribution in [1.29, 1.82) is 0 Å². The molecule has 4 aliphatic heterocycles. The van der Waals surface area contributed by atoms with Crippen molar-refractivity contribution in [1.82, 2.24) is 20.2 Å². The van der Waals surface area contributed by atoms with E-state index in [1.807, 2.05) is 0 Å². The number of fused-ring (bicyclic) bond motifs is 2. The summed E-state index contributed by atoms with van der Waals surface area (Å²) in [4.78, 5) is 14.3. The van der Waals surface area contributed by atoms with Gasteiger partial charge in [-0.25, -0.2) is 9.97 Å². The molecule has 0 bridgehead atoms. The Morgan fingerprint density at radius 2 is 1.88 bits per heavy atom. The molecule has 5 heterocycles. The first kappa shape index (κ1) is 21.1. The third-order valence-electron chi connectivity index (χ3n) is 7.67. The van der Waals surface area contributed by atoms with E-state index < -0.39 is 0 Å². The fraction of sp³-hybridized carbons (Fsp3) is 0.600. The average molecular weight is 451 g/mol. The van der Waals surface area contributed by atoms with Gasteiger partial charge < -0.3 is 25.0 Å². The molecule has 8 heteroatoms. The van der Waals surface area contributed by atoms with Crippen molar-refractivity contribution >= 4 is 17.3 Å². The van der Waals surface area contributed by atoms with Crippen LogP contribution >= 0.6 is 0 Å². The molecule has 4 aliphatic rings. The van der Waals surface area contributed by atoms with Gasteiger partial charge in [0, 0.05) is 32.2 Å². The van der Waals surface area contributed by atoms with Crippen LogP contribution in [0.4, 0.5) is 17.3 Å². The molecule has 8 nitrogen and oxygen atoms in total. The summed E-state index contributed by atoms with van der Waals surface area (Å²) >= 11 is 0. The number of piperidine rings is 1. The lowest BCUT2D eigenvalue weighted by Crippen LogP contribution is -2.58. The van der Waals surface area contributed by atoms with Crippen molar-refractivity contribution in [3.63, 3.8) is 0 Å². The Hall–Kier alpha value is -2.42. The minimum atomic E-state index is -0.0852. The number of morpholine rings is 1. The Morgan fingerprint density at radius 1 is 1.06 bits per heavy atom. The van der Waals surface area contributed by atoms with Crippen LogP contribution in [-0.2, 0) is 4.74 Å². The molecule has 3 saturated heterocycles. The molecule has 1 aromatic carbocycles. The first-order valence-electron chi connectivity index (χ1n) is 12.5. The van der Waals surface area contributed by atoms with Crippen LogP contribution in [0.3, 0.4) is 0 Å². The van der Waals surface area contributed by atoms with Gasteiger partial charge in [0.2, 0.25) is 0 Å². The fourth-order valence-electron chi connectivity index (χ4n) is 5.57. The highest BCUT2D eigenvalue weighted by Gasteiger charge is 2.32. The Kier molecular flexibility index (Phi) is 5.82. The monoisotopic (exact) mass is 450 g/mol. The van der Waals surface area contributed by atoms with E-state index in [-0.39, 0.29) is 6.10 Å². The van der Waals surface area contributed by atoms with Crippen LogP contribution in [0, 0.1) is 0 Å². The van der Waals surface area contributed by atoms with Crippen molar-refractivity contribution in [2.24, 2.45) is 0 Å². The molecule has 0 radical (unpaired) electrons. The molecule has 6 rings (SSSR count). The maximum Gasteiger partial charge on any atom is 0.143 e. The molecule has 2 aromatic rings. The van der Waals surface area contributed by atoms with Gasteiger partial charge in [-0.15, -0.1) is 0 Å². The highest BCUT2D eigenvalue weighted by Crippen LogP contribution is 2.44. The second kappa shape index (κ2) is 9.08. The molecule has 0 spiro atoms. The summed E-state index contributed by atoms with van der Waals surface area (Å²) in [5.41, 5.74) is 3.47. The summed E-state index contributed by atoms with van der Waals surface area (Å²) < 4.78 is 12.1. The highest BCUT2D eigenvalue weighted by molar-refractivity contribution is 5.72. The fourth-order valence-corrected chi connectivity index (χ4v) is 5.57.